The van der Waals surface area contributed by atoms with Gasteiger partial charge in [-0.1, -0.05) is 6.08 Å². The first kappa shape index (κ1) is 20.6. The van der Waals surface area contributed by atoms with Gasteiger partial charge in [-0.2, -0.15) is 0 Å². The lowest BCUT2D eigenvalue weighted by Gasteiger charge is -2.43. The van der Waals surface area contributed by atoms with Gasteiger partial charge in [-0.05, 0) is 81.7 Å². The lowest BCUT2D eigenvalue weighted by molar-refractivity contribution is -0.119. The molecule has 5 rings (SSSR count). The third-order valence-electron chi connectivity index (χ3n) is 7.65. The molecule has 0 aromatic heterocycles. The van der Waals surface area contributed by atoms with Gasteiger partial charge in [-0.15, -0.1) is 0 Å². The minimum atomic E-state index is -0.194. The molecule has 1 atom stereocenters. The summed E-state index contributed by atoms with van der Waals surface area (Å²) in [6.07, 6.45) is 9.91. The maximum absolute atomic E-state index is 13.2. The van der Waals surface area contributed by atoms with Crippen molar-refractivity contribution in [2.75, 3.05) is 31.1 Å². The highest BCUT2D eigenvalue weighted by Crippen LogP contribution is 2.57. The SMILES string of the molecule is CC(C)(C=CC1NC(=O)C2=C(CCC3(CC3)C2)N1)N1CCN(c2ccc(F)cc2)CC1. The van der Waals surface area contributed by atoms with Crippen LogP contribution in [-0.4, -0.2) is 48.7 Å². The number of amides is 1. The second-order valence-corrected chi connectivity index (χ2v) is 10.2. The summed E-state index contributed by atoms with van der Waals surface area (Å²) in [5.41, 5.74) is 3.55. The zero-order valence-electron chi connectivity index (χ0n) is 18.6. The van der Waals surface area contributed by atoms with Gasteiger partial charge >= 0.3 is 0 Å². The highest BCUT2D eigenvalue weighted by atomic mass is 19.1. The van der Waals surface area contributed by atoms with Gasteiger partial charge in [0, 0.05) is 48.7 Å². The van der Waals surface area contributed by atoms with E-state index in [1.54, 1.807) is 0 Å². The van der Waals surface area contributed by atoms with Gasteiger partial charge in [0.05, 0.1) is 0 Å². The van der Waals surface area contributed by atoms with Gasteiger partial charge in [0.15, 0.2) is 0 Å². The van der Waals surface area contributed by atoms with Crippen molar-refractivity contribution >= 4 is 11.6 Å². The van der Waals surface area contributed by atoms with Crippen LogP contribution in [0.2, 0.25) is 0 Å². The number of allylic oxidation sites excluding steroid dienone is 1. The molecule has 1 saturated carbocycles. The van der Waals surface area contributed by atoms with Crippen LogP contribution in [-0.2, 0) is 4.79 Å². The fourth-order valence-corrected chi connectivity index (χ4v) is 5.27. The molecule has 2 heterocycles. The van der Waals surface area contributed by atoms with Crippen molar-refractivity contribution in [2.24, 2.45) is 5.41 Å². The molecule has 1 saturated heterocycles. The van der Waals surface area contributed by atoms with E-state index in [1.807, 2.05) is 12.1 Å². The Labute approximate surface area is 184 Å². The third-order valence-corrected chi connectivity index (χ3v) is 7.65. The maximum atomic E-state index is 13.2. The second kappa shape index (κ2) is 7.66. The van der Waals surface area contributed by atoms with Crippen molar-refractivity contribution in [3.63, 3.8) is 0 Å². The summed E-state index contributed by atoms with van der Waals surface area (Å²) >= 11 is 0. The van der Waals surface area contributed by atoms with Crippen molar-refractivity contribution in [1.29, 1.82) is 0 Å². The van der Waals surface area contributed by atoms with Crippen LogP contribution < -0.4 is 15.5 Å². The molecule has 31 heavy (non-hydrogen) atoms. The molecule has 4 aliphatic rings. The molecule has 2 N–H and O–H groups in total. The normalized spacial score (nSPS) is 26.1. The molecule has 6 heteroatoms. The Balaban J connectivity index is 1.18. The van der Waals surface area contributed by atoms with E-state index in [0.717, 1.165) is 56.0 Å². The van der Waals surface area contributed by atoms with Gasteiger partial charge in [0.1, 0.15) is 12.0 Å². The van der Waals surface area contributed by atoms with Gasteiger partial charge in [0.2, 0.25) is 0 Å². The Hall–Kier alpha value is -2.34. The van der Waals surface area contributed by atoms with Gasteiger partial charge in [-0.25, -0.2) is 4.39 Å². The maximum Gasteiger partial charge on any atom is 0.250 e. The predicted octanol–water partition coefficient (Wildman–Crippen LogP) is 3.55. The molecule has 2 fully saturated rings. The summed E-state index contributed by atoms with van der Waals surface area (Å²) < 4.78 is 13.2. The Morgan fingerprint density at radius 2 is 1.77 bits per heavy atom. The summed E-state index contributed by atoms with van der Waals surface area (Å²) in [4.78, 5) is 17.5. The van der Waals surface area contributed by atoms with Crippen LogP contribution in [0.15, 0.2) is 47.7 Å². The van der Waals surface area contributed by atoms with Crippen LogP contribution in [0.3, 0.4) is 0 Å². The number of nitrogens with zero attached hydrogens (tertiary/aromatic N) is 2. The van der Waals surface area contributed by atoms with Gasteiger partial charge in [0.25, 0.3) is 5.91 Å². The summed E-state index contributed by atoms with van der Waals surface area (Å²) in [5.74, 6) is -0.0830. The van der Waals surface area contributed by atoms with E-state index in [-0.39, 0.29) is 23.4 Å². The average Bonchev–Trinajstić information content (AvgIpc) is 3.52. The first-order valence-electron chi connectivity index (χ1n) is 11.6. The van der Waals surface area contributed by atoms with E-state index in [9.17, 15) is 9.18 Å². The van der Waals surface area contributed by atoms with Crippen LogP contribution in [0, 0.1) is 11.2 Å². The van der Waals surface area contributed by atoms with Crippen molar-refractivity contribution in [3.05, 3.63) is 53.5 Å². The molecule has 1 amide bonds. The number of anilines is 1. The van der Waals surface area contributed by atoms with Crippen LogP contribution in [0.25, 0.3) is 0 Å². The molecule has 1 spiro atoms. The van der Waals surface area contributed by atoms with Crippen molar-refractivity contribution < 1.29 is 9.18 Å². The van der Waals surface area contributed by atoms with Crippen LogP contribution in [0.5, 0.6) is 0 Å². The summed E-state index contributed by atoms with van der Waals surface area (Å²) in [5, 5.41) is 6.70. The minimum Gasteiger partial charge on any atom is -0.369 e. The standard InChI is InChI=1S/C25H33FN4O/c1-24(2,30-15-13-29(14-16-30)19-5-3-18(26)4-6-19)9-8-22-27-21-7-10-25(11-12-25)17-20(21)23(31)28-22/h3-6,8-9,22,27H,7,10-17H2,1-2H3,(H,28,31). The number of carbonyl (C=O) groups excluding carboxylic acids is 1. The van der Waals surface area contributed by atoms with Gasteiger partial charge in [-0.3, -0.25) is 9.69 Å². The molecular weight excluding hydrogens is 391 g/mol. The molecule has 1 unspecified atom stereocenters. The van der Waals surface area contributed by atoms with Gasteiger partial charge < -0.3 is 15.5 Å². The molecule has 1 aromatic carbocycles. The smallest absolute Gasteiger partial charge is 0.250 e. The Bertz CT molecular complexity index is 908. The fourth-order valence-electron chi connectivity index (χ4n) is 5.27. The van der Waals surface area contributed by atoms with Crippen molar-refractivity contribution in [3.8, 4) is 0 Å². The molecule has 1 aromatic rings. The number of halogens is 1. The number of hydrogen-bond donors (Lipinski definition) is 2. The Morgan fingerprint density at radius 3 is 2.45 bits per heavy atom. The molecule has 2 aliphatic heterocycles. The number of rotatable bonds is 4. The first-order valence-corrected chi connectivity index (χ1v) is 11.6. The Kier molecular flexibility index (Phi) is 5.08. The largest absolute Gasteiger partial charge is 0.369 e. The number of benzene rings is 1. The number of hydrogen-bond acceptors (Lipinski definition) is 4. The summed E-state index contributed by atoms with van der Waals surface area (Å²) in [6, 6.07) is 6.76. The topological polar surface area (TPSA) is 47.6 Å². The third kappa shape index (κ3) is 4.22. The number of nitrogens with one attached hydrogen (secondary N) is 2. The number of piperazine rings is 1. The molecule has 166 valence electrons. The van der Waals surface area contributed by atoms with Crippen LogP contribution in [0.4, 0.5) is 10.1 Å². The van der Waals surface area contributed by atoms with Crippen LogP contribution in [0.1, 0.15) is 46.0 Å². The van der Waals surface area contributed by atoms with E-state index < -0.39 is 0 Å². The van der Waals surface area contributed by atoms with Crippen LogP contribution >= 0.6 is 0 Å². The quantitative estimate of drug-likeness (QED) is 0.726. The average molecular weight is 425 g/mol. The summed E-state index contributed by atoms with van der Waals surface area (Å²) in [7, 11) is 0. The van der Waals surface area contributed by atoms with E-state index in [2.05, 4.69) is 46.4 Å². The van der Waals surface area contributed by atoms with E-state index in [4.69, 9.17) is 0 Å². The molecule has 0 bridgehead atoms. The highest BCUT2D eigenvalue weighted by molar-refractivity contribution is 5.95. The van der Waals surface area contributed by atoms with E-state index in [1.165, 1.54) is 31.4 Å². The molecule has 2 aliphatic carbocycles. The van der Waals surface area contributed by atoms with Crippen molar-refractivity contribution in [1.82, 2.24) is 15.5 Å². The zero-order valence-corrected chi connectivity index (χ0v) is 18.6. The molecular formula is C25H33FN4O. The molecule has 0 radical (unpaired) electrons. The number of carbonyl (C=O) groups is 1. The predicted molar refractivity (Wildman–Crippen MR) is 121 cm³/mol. The summed E-state index contributed by atoms with van der Waals surface area (Å²) in [6.45, 7) is 8.17. The minimum absolute atomic E-state index is 0.111. The highest BCUT2D eigenvalue weighted by Gasteiger charge is 2.47. The first-order chi connectivity index (χ1) is 14.8. The Morgan fingerprint density at radius 1 is 1.06 bits per heavy atom. The zero-order chi connectivity index (χ0) is 21.6. The molecule has 5 nitrogen and oxygen atoms in total. The van der Waals surface area contributed by atoms with E-state index >= 15 is 0 Å². The lowest BCUT2D eigenvalue weighted by atomic mass is 9.82. The van der Waals surface area contributed by atoms with Crippen molar-refractivity contribution in [2.45, 2.75) is 57.7 Å². The van der Waals surface area contributed by atoms with E-state index in [0.29, 0.717) is 5.41 Å². The lowest BCUT2D eigenvalue weighted by Crippen LogP contribution is -2.54. The fraction of sp³-hybridized carbons (Fsp3) is 0.560. The monoisotopic (exact) mass is 424 g/mol. The second-order valence-electron chi connectivity index (χ2n) is 10.2.